The molecule has 7 N–H and O–H groups in total. The average molecular weight is 534 g/mol. The second-order valence-electron chi connectivity index (χ2n) is 8.56. The van der Waals surface area contributed by atoms with Gasteiger partial charge in [-0.3, -0.25) is 14.4 Å². The monoisotopic (exact) mass is 533 g/mol. The summed E-state index contributed by atoms with van der Waals surface area (Å²) < 4.78 is 16.5. The van der Waals surface area contributed by atoms with Crippen LogP contribution in [0.15, 0.2) is 48.5 Å². The Balaban J connectivity index is 1.59. The third-order valence-electron chi connectivity index (χ3n) is 5.53. The SMILES string of the molecule is CC(=O)NC[C@@H](O)Oc1ccc(NC(=O)c2ccc(OC3OC(CO)C(O)C(O)C3NC(C)=O)cc2)cc1. The largest absolute Gasteiger partial charge is 0.463 e. The second-order valence-corrected chi connectivity index (χ2v) is 8.56. The molecule has 0 bridgehead atoms. The molecule has 6 atom stereocenters. The van der Waals surface area contributed by atoms with Gasteiger partial charge in [-0.05, 0) is 48.5 Å². The number of carbonyl (C=O) groups is 3. The number of hydrogen-bond donors (Lipinski definition) is 7. The van der Waals surface area contributed by atoms with E-state index < -0.39 is 55.4 Å². The molecule has 0 radical (unpaired) electrons. The highest BCUT2D eigenvalue weighted by Crippen LogP contribution is 2.25. The van der Waals surface area contributed by atoms with Crippen molar-refractivity contribution in [2.45, 2.75) is 50.8 Å². The molecule has 0 aliphatic carbocycles. The van der Waals surface area contributed by atoms with E-state index in [2.05, 4.69) is 16.0 Å². The minimum atomic E-state index is -1.45. The van der Waals surface area contributed by atoms with E-state index in [4.69, 9.17) is 14.2 Å². The molecule has 0 spiro atoms. The number of aliphatic hydroxyl groups is 4. The average Bonchev–Trinajstić information content (AvgIpc) is 2.88. The van der Waals surface area contributed by atoms with Gasteiger partial charge >= 0.3 is 0 Å². The summed E-state index contributed by atoms with van der Waals surface area (Å²) in [6, 6.07) is 11.1. The zero-order valence-corrected chi connectivity index (χ0v) is 20.7. The van der Waals surface area contributed by atoms with Crippen molar-refractivity contribution in [1.29, 1.82) is 0 Å². The van der Waals surface area contributed by atoms with Gasteiger partial charge in [-0.1, -0.05) is 0 Å². The van der Waals surface area contributed by atoms with Gasteiger partial charge in [0, 0.05) is 25.1 Å². The van der Waals surface area contributed by atoms with Crippen LogP contribution in [0.5, 0.6) is 11.5 Å². The Bertz CT molecular complexity index is 1100. The second kappa shape index (κ2) is 13.2. The number of hydrogen-bond acceptors (Lipinski definition) is 10. The minimum Gasteiger partial charge on any atom is -0.463 e. The molecule has 2 aromatic rings. The van der Waals surface area contributed by atoms with E-state index in [1.807, 2.05) is 0 Å². The summed E-state index contributed by atoms with van der Waals surface area (Å²) in [5, 5.41) is 47.3. The van der Waals surface area contributed by atoms with Gasteiger partial charge in [0.05, 0.1) is 13.2 Å². The van der Waals surface area contributed by atoms with Crippen molar-refractivity contribution in [3.8, 4) is 11.5 Å². The number of carbonyl (C=O) groups excluding carboxylic acids is 3. The van der Waals surface area contributed by atoms with E-state index >= 15 is 0 Å². The summed E-state index contributed by atoms with van der Waals surface area (Å²) in [5.74, 6) is -0.600. The van der Waals surface area contributed by atoms with Crippen molar-refractivity contribution in [3.63, 3.8) is 0 Å². The Kier molecular flexibility index (Phi) is 9.98. The molecule has 3 rings (SSSR count). The quantitative estimate of drug-likeness (QED) is 0.188. The van der Waals surface area contributed by atoms with Crippen LogP contribution in [0.4, 0.5) is 5.69 Å². The lowest BCUT2D eigenvalue weighted by Crippen LogP contribution is -2.65. The van der Waals surface area contributed by atoms with Crippen molar-refractivity contribution in [1.82, 2.24) is 10.6 Å². The van der Waals surface area contributed by atoms with Gasteiger partial charge in [0.2, 0.25) is 24.4 Å². The number of rotatable bonds is 10. The normalized spacial score (nSPS) is 23.6. The minimum absolute atomic E-state index is 0.0706. The molecule has 13 nitrogen and oxygen atoms in total. The number of amides is 3. The number of aliphatic hydroxyl groups excluding tert-OH is 4. The fraction of sp³-hybridized carbons (Fsp3) is 0.400. The van der Waals surface area contributed by atoms with E-state index in [-0.39, 0.29) is 18.2 Å². The molecular formula is C25H31N3O10. The van der Waals surface area contributed by atoms with Crippen molar-refractivity contribution in [2.75, 3.05) is 18.5 Å². The standard InChI is InChI=1S/C25H31N3O10/c1-13(30)26-11-20(32)36-17-9-5-16(6-10-17)28-24(35)15-3-7-18(8-4-15)37-25-21(27-14(2)31)23(34)22(33)19(12-29)38-25/h3-10,19-23,25,29,32-34H,11-12H2,1-2H3,(H,26,30)(H,27,31)(H,28,35)/t19?,20-,21?,22?,23?,25?/m0/s1. The first-order valence-electron chi connectivity index (χ1n) is 11.7. The van der Waals surface area contributed by atoms with Gasteiger partial charge in [-0.2, -0.15) is 0 Å². The molecule has 13 heteroatoms. The van der Waals surface area contributed by atoms with Crippen molar-refractivity contribution < 1.29 is 49.0 Å². The van der Waals surface area contributed by atoms with Gasteiger partial charge < -0.3 is 50.6 Å². The van der Waals surface area contributed by atoms with Gasteiger partial charge in [-0.25, -0.2) is 0 Å². The molecule has 1 saturated heterocycles. The van der Waals surface area contributed by atoms with Gasteiger partial charge in [0.15, 0.2) is 0 Å². The maximum atomic E-state index is 12.6. The van der Waals surface area contributed by atoms with Crippen LogP contribution >= 0.6 is 0 Å². The Hall–Kier alpha value is -3.75. The highest BCUT2D eigenvalue weighted by Gasteiger charge is 2.46. The molecule has 5 unspecified atom stereocenters. The number of benzene rings is 2. The van der Waals surface area contributed by atoms with E-state index in [1.54, 1.807) is 24.3 Å². The molecule has 2 aromatic carbocycles. The van der Waals surface area contributed by atoms with Crippen molar-refractivity contribution >= 4 is 23.4 Å². The Labute approximate surface area is 218 Å². The van der Waals surface area contributed by atoms with Gasteiger partial charge in [0.1, 0.15) is 35.9 Å². The molecule has 38 heavy (non-hydrogen) atoms. The lowest BCUT2D eigenvalue weighted by molar-refractivity contribution is -0.244. The van der Waals surface area contributed by atoms with Crippen LogP contribution in [0, 0.1) is 0 Å². The van der Waals surface area contributed by atoms with Crippen molar-refractivity contribution in [2.24, 2.45) is 0 Å². The molecular weight excluding hydrogens is 502 g/mol. The third-order valence-corrected chi connectivity index (χ3v) is 5.53. The Morgan fingerprint density at radius 1 is 0.947 bits per heavy atom. The topological polar surface area (TPSA) is 196 Å². The molecule has 206 valence electrons. The van der Waals surface area contributed by atoms with E-state index in [1.165, 1.54) is 38.1 Å². The van der Waals surface area contributed by atoms with Crippen LogP contribution in [0.1, 0.15) is 24.2 Å². The van der Waals surface area contributed by atoms with Crippen LogP contribution in [-0.4, -0.2) is 88.2 Å². The highest BCUT2D eigenvalue weighted by molar-refractivity contribution is 6.04. The van der Waals surface area contributed by atoms with E-state index in [9.17, 15) is 34.8 Å². The van der Waals surface area contributed by atoms with Crippen LogP contribution in [0.2, 0.25) is 0 Å². The molecule has 3 amide bonds. The summed E-state index contributed by atoms with van der Waals surface area (Å²) in [6.45, 7) is 1.91. The lowest BCUT2D eigenvalue weighted by Gasteiger charge is -2.42. The Morgan fingerprint density at radius 2 is 1.58 bits per heavy atom. The molecule has 0 saturated carbocycles. The molecule has 1 aliphatic rings. The number of nitrogens with one attached hydrogen (secondary N) is 3. The zero-order valence-electron chi connectivity index (χ0n) is 20.7. The van der Waals surface area contributed by atoms with Crippen LogP contribution in [0.25, 0.3) is 0 Å². The first-order chi connectivity index (χ1) is 18.1. The number of ether oxygens (including phenoxy) is 3. The summed E-state index contributed by atoms with van der Waals surface area (Å²) in [7, 11) is 0. The maximum absolute atomic E-state index is 12.6. The fourth-order valence-corrected chi connectivity index (χ4v) is 3.64. The Morgan fingerprint density at radius 3 is 2.16 bits per heavy atom. The maximum Gasteiger partial charge on any atom is 0.255 e. The molecule has 1 fully saturated rings. The third kappa shape index (κ3) is 7.87. The van der Waals surface area contributed by atoms with Crippen molar-refractivity contribution in [3.05, 3.63) is 54.1 Å². The van der Waals surface area contributed by atoms with Gasteiger partial charge in [-0.15, -0.1) is 0 Å². The smallest absolute Gasteiger partial charge is 0.255 e. The fourth-order valence-electron chi connectivity index (χ4n) is 3.64. The first-order valence-corrected chi connectivity index (χ1v) is 11.7. The number of anilines is 1. The van der Waals surface area contributed by atoms with E-state index in [0.717, 1.165) is 0 Å². The van der Waals surface area contributed by atoms with Crippen LogP contribution in [-0.2, 0) is 14.3 Å². The lowest BCUT2D eigenvalue weighted by atomic mass is 9.97. The molecule has 1 aliphatic heterocycles. The first kappa shape index (κ1) is 28.8. The predicted molar refractivity (Wildman–Crippen MR) is 132 cm³/mol. The van der Waals surface area contributed by atoms with Crippen LogP contribution < -0.4 is 25.4 Å². The van der Waals surface area contributed by atoms with Gasteiger partial charge in [0.25, 0.3) is 5.91 Å². The summed E-state index contributed by atoms with van der Waals surface area (Å²) in [6.07, 6.45) is -6.45. The molecule has 1 heterocycles. The predicted octanol–water partition coefficient (Wildman–Crippen LogP) is -0.905. The zero-order chi connectivity index (χ0) is 27.8. The summed E-state index contributed by atoms with van der Waals surface area (Å²) >= 11 is 0. The summed E-state index contributed by atoms with van der Waals surface area (Å²) in [4.78, 5) is 35.1. The van der Waals surface area contributed by atoms with Crippen LogP contribution in [0.3, 0.4) is 0 Å². The summed E-state index contributed by atoms with van der Waals surface area (Å²) in [5.41, 5.74) is 0.769. The highest BCUT2D eigenvalue weighted by atomic mass is 16.7. The van der Waals surface area contributed by atoms with E-state index in [0.29, 0.717) is 17.0 Å². The molecule has 0 aromatic heterocycles.